The molecule has 0 bridgehead atoms. The molecule has 1 aliphatic heterocycles. The number of amides is 1. The summed E-state index contributed by atoms with van der Waals surface area (Å²) in [5.41, 5.74) is 5.35. The van der Waals surface area contributed by atoms with Crippen LogP contribution in [0.4, 0.5) is 0 Å². The standard InChI is InChI=1S/C9H18N2O/c1-7(6-10)11-5-4-9(2,3)8(11)12/h7H,4-6,10H2,1-3H3. The van der Waals surface area contributed by atoms with Crippen LogP contribution < -0.4 is 5.73 Å². The maximum absolute atomic E-state index is 11.7. The van der Waals surface area contributed by atoms with E-state index in [0.717, 1.165) is 13.0 Å². The zero-order valence-corrected chi connectivity index (χ0v) is 8.13. The molecule has 12 heavy (non-hydrogen) atoms. The molecule has 0 aliphatic carbocycles. The second kappa shape index (κ2) is 3.05. The monoisotopic (exact) mass is 170 g/mol. The van der Waals surface area contributed by atoms with Crippen LogP contribution in [0.5, 0.6) is 0 Å². The minimum absolute atomic E-state index is 0.163. The molecule has 1 fully saturated rings. The van der Waals surface area contributed by atoms with Crippen molar-refractivity contribution in [2.75, 3.05) is 13.1 Å². The Hall–Kier alpha value is -0.570. The Morgan fingerprint density at radius 1 is 1.67 bits per heavy atom. The Balaban J connectivity index is 2.67. The lowest BCUT2D eigenvalue weighted by molar-refractivity contribution is -0.136. The molecule has 0 saturated carbocycles. The molecular weight excluding hydrogens is 152 g/mol. The predicted octanol–water partition coefficient (Wildman–Crippen LogP) is 0.592. The van der Waals surface area contributed by atoms with E-state index in [2.05, 4.69) is 0 Å². The van der Waals surface area contributed by atoms with Crippen molar-refractivity contribution in [3.8, 4) is 0 Å². The van der Waals surface area contributed by atoms with E-state index < -0.39 is 0 Å². The summed E-state index contributed by atoms with van der Waals surface area (Å²) in [6.07, 6.45) is 0.955. The smallest absolute Gasteiger partial charge is 0.228 e. The minimum Gasteiger partial charge on any atom is -0.338 e. The zero-order valence-electron chi connectivity index (χ0n) is 8.13. The van der Waals surface area contributed by atoms with Gasteiger partial charge in [0.2, 0.25) is 5.91 Å². The van der Waals surface area contributed by atoms with Gasteiger partial charge in [0, 0.05) is 24.5 Å². The summed E-state index contributed by atoms with van der Waals surface area (Å²) in [5.74, 6) is 0.250. The first kappa shape index (κ1) is 9.52. The number of carbonyl (C=O) groups is 1. The van der Waals surface area contributed by atoms with Crippen LogP contribution in [0.15, 0.2) is 0 Å². The van der Waals surface area contributed by atoms with Crippen LogP contribution in [-0.2, 0) is 4.79 Å². The first-order valence-corrected chi connectivity index (χ1v) is 4.50. The molecule has 3 nitrogen and oxygen atoms in total. The largest absolute Gasteiger partial charge is 0.338 e. The van der Waals surface area contributed by atoms with Crippen LogP contribution in [0.3, 0.4) is 0 Å². The lowest BCUT2D eigenvalue weighted by Gasteiger charge is -2.24. The summed E-state index contributed by atoms with van der Waals surface area (Å²) in [4.78, 5) is 13.6. The summed E-state index contributed by atoms with van der Waals surface area (Å²) in [5, 5.41) is 0. The minimum atomic E-state index is -0.163. The van der Waals surface area contributed by atoms with E-state index >= 15 is 0 Å². The van der Waals surface area contributed by atoms with Gasteiger partial charge in [-0.3, -0.25) is 4.79 Å². The van der Waals surface area contributed by atoms with Crippen molar-refractivity contribution < 1.29 is 4.79 Å². The Labute approximate surface area is 73.9 Å². The molecule has 0 aromatic heterocycles. The summed E-state index contributed by atoms with van der Waals surface area (Å²) in [6, 6.07) is 0.194. The molecule has 2 N–H and O–H groups in total. The molecule has 1 aliphatic rings. The molecule has 1 saturated heterocycles. The van der Waals surface area contributed by atoms with Gasteiger partial charge in [-0.25, -0.2) is 0 Å². The third-order valence-electron chi connectivity index (χ3n) is 2.69. The van der Waals surface area contributed by atoms with Crippen molar-refractivity contribution in [2.45, 2.75) is 33.2 Å². The molecule has 0 radical (unpaired) electrons. The van der Waals surface area contributed by atoms with E-state index in [1.807, 2.05) is 25.7 Å². The maximum atomic E-state index is 11.7. The third kappa shape index (κ3) is 1.46. The van der Waals surface area contributed by atoms with Crippen molar-refractivity contribution in [2.24, 2.45) is 11.1 Å². The highest BCUT2D eigenvalue weighted by Gasteiger charge is 2.39. The fourth-order valence-electron chi connectivity index (χ4n) is 1.54. The number of likely N-dealkylation sites (tertiary alicyclic amines) is 1. The van der Waals surface area contributed by atoms with Gasteiger partial charge >= 0.3 is 0 Å². The SMILES string of the molecule is CC(CN)N1CCC(C)(C)C1=O. The maximum Gasteiger partial charge on any atom is 0.228 e. The number of carbonyl (C=O) groups excluding carboxylic acids is 1. The Bertz CT molecular complexity index is 189. The number of hydrogen-bond acceptors (Lipinski definition) is 2. The van der Waals surface area contributed by atoms with E-state index in [1.165, 1.54) is 0 Å². The molecular formula is C9H18N2O. The summed E-state index contributed by atoms with van der Waals surface area (Å²) in [6.45, 7) is 7.42. The molecule has 1 rings (SSSR count). The van der Waals surface area contributed by atoms with E-state index in [0.29, 0.717) is 6.54 Å². The van der Waals surface area contributed by atoms with Gasteiger partial charge in [-0.2, -0.15) is 0 Å². The van der Waals surface area contributed by atoms with Gasteiger partial charge in [0.15, 0.2) is 0 Å². The lowest BCUT2D eigenvalue weighted by atomic mass is 9.92. The van der Waals surface area contributed by atoms with Crippen LogP contribution in [0.1, 0.15) is 27.2 Å². The second-order valence-corrected chi connectivity index (χ2v) is 4.22. The van der Waals surface area contributed by atoms with Gasteiger partial charge in [-0.05, 0) is 13.3 Å². The normalized spacial score (nSPS) is 24.7. The quantitative estimate of drug-likeness (QED) is 0.659. The highest BCUT2D eigenvalue weighted by Crippen LogP contribution is 2.31. The zero-order chi connectivity index (χ0) is 9.35. The van der Waals surface area contributed by atoms with E-state index in [9.17, 15) is 4.79 Å². The van der Waals surface area contributed by atoms with E-state index in [1.54, 1.807) is 0 Å². The van der Waals surface area contributed by atoms with Crippen molar-refractivity contribution >= 4 is 5.91 Å². The van der Waals surface area contributed by atoms with E-state index in [-0.39, 0.29) is 17.4 Å². The number of rotatable bonds is 2. The molecule has 0 aromatic rings. The van der Waals surface area contributed by atoms with Crippen LogP contribution in [0, 0.1) is 5.41 Å². The summed E-state index contributed by atoms with van der Waals surface area (Å²) >= 11 is 0. The molecule has 1 heterocycles. The second-order valence-electron chi connectivity index (χ2n) is 4.22. The lowest BCUT2D eigenvalue weighted by Crippen LogP contribution is -2.41. The molecule has 3 heteroatoms. The fraction of sp³-hybridized carbons (Fsp3) is 0.889. The summed E-state index contributed by atoms with van der Waals surface area (Å²) < 4.78 is 0. The van der Waals surface area contributed by atoms with Crippen LogP contribution >= 0.6 is 0 Å². The van der Waals surface area contributed by atoms with E-state index in [4.69, 9.17) is 5.73 Å². The van der Waals surface area contributed by atoms with Gasteiger partial charge in [0.1, 0.15) is 0 Å². The highest BCUT2D eigenvalue weighted by molar-refractivity contribution is 5.84. The van der Waals surface area contributed by atoms with Gasteiger partial charge in [0.25, 0.3) is 0 Å². The number of nitrogens with zero attached hydrogens (tertiary/aromatic N) is 1. The van der Waals surface area contributed by atoms with Gasteiger partial charge in [-0.15, -0.1) is 0 Å². The molecule has 1 unspecified atom stereocenters. The molecule has 1 atom stereocenters. The molecule has 1 amide bonds. The third-order valence-corrected chi connectivity index (χ3v) is 2.69. The van der Waals surface area contributed by atoms with Crippen molar-refractivity contribution in [1.29, 1.82) is 0 Å². The Morgan fingerprint density at radius 3 is 2.58 bits per heavy atom. The Morgan fingerprint density at radius 2 is 2.25 bits per heavy atom. The topological polar surface area (TPSA) is 46.3 Å². The first-order chi connectivity index (χ1) is 5.49. The summed E-state index contributed by atoms with van der Waals surface area (Å²) in [7, 11) is 0. The highest BCUT2D eigenvalue weighted by atomic mass is 16.2. The van der Waals surface area contributed by atoms with Gasteiger partial charge < -0.3 is 10.6 Å². The molecule has 0 aromatic carbocycles. The predicted molar refractivity (Wildman–Crippen MR) is 48.6 cm³/mol. The number of hydrogen-bond donors (Lipinski definition) is 1. The van der Waals surface area contributed by atoms with Crippen molar-refractivity contribution in [3.63, 3.8) is 0 Å². The van der Waals surface area contributed by atoms with Crippen LogP contribution in [0.2, 0.25) is 0 Å². The Kier molecular flexibility index (Phi) is 2.42. The molecule has 70 valence electrons. The van der Waals surface area contributed by atoms with Gasteiger partial charge in [0.05, 0.1) is 0 Å². The van der Waals surface area contributed by atoms with Crippen molar-refractivity contribution in [1.82, 2.24) is 4.90 Å². The molecule has 0 spiro atoms. The number of nitrogens with two attached hydrogens (primary N) is 1. The van der Waals surface area contributed by atoms with Crippen LogP contribution in [0.25, 0.3) is 0 Å². The first-order valence-electron chi connectivity index (χ1n) is 4.50. The van der Waals surface area contributed by atoms with Crippen LogP contribution in [-0.4, -0.2) is 29.9 Å². The fourth-order valence-corrected chi connectivity index (χ4v) is 1.54. The van der Waals surface area contributed by atoms with Gasteiger partial charge in [-0.1, -0.05) is 13.8 Å². The van der Waals surface area contributed by atoms with Crippen molar-refractivity contribution in [3.05, 3.63) is 0 Å². The average molecular weight is 170 g/mol. The average Bonchev–Trinajstić information content (AvgIpc) is 2.27.